The Hall–Kier alpha value is -2.89. The first-order valence-corrected chi connectivity index (χ1v) is 9.30. The summed E-state index contributed by atoms with van der Waals surface area (Å²) in [5.74, 6) is 0.264. The van der Waals surface area contributed by atoms with Crippen LogP contribution in [0.15, 0.2) is 42.5 Å². The number of amides is 2. The van der Waals surface area contributed by atoms with Crippen LogP contribution in [0, 0.1) is 0 Å². The van der Waals surface area contributed by atoms with Crippen LogP contribution < -0.4 is 15.4 Å². The second kappa shape index (κ2) is 11.0. The van der Waals surface area contributed by atoms with Gasteiger partial charge in [0.05, 0.1) is 7.11 Å². The van der Waals surface area contributed by atoms with Crippen LogP contribution in [0.4, 0.5) is 0 Å². The Kier molecular flexibility index (Phi) is 8.29. The van der Waals surface area contributed by atoms with Crippen molar-refractivity contribution in [1.82, 2.24) is 15.6 Å². The van der Waals surface area contributed by atoms with Gasteiger partial charge >= 0.3 is 0 Å². The Balaban J connectivity index is 1.83. The van der Waals surface area contributed by atoms with E-state index in [2.05, 4.69) is 22.5 Å². The van der Waals surface area contributed by atoms with Gasteiger partial charge in [-0.2, -0.15) is 0 Å². The minimum atomic E-state index is -0.288. The number of hydrogen-bond acceptors (Lipinski definition) is 4. The van der Waals surface area contributed by atoms with E-state index in [-0.39, 0.29) is 23.2 Å². The van der Waals surface area contributed by atoms with Crippen LogP contribution in [0.25, 0.3) is 0 Å². The van der Waals surface area contributed by atoms with Crippen LogP contribution in [-0.4, -0.2) is 37.0 Å². The van der Waals surface area contributed by atoms with Crippen LogP contribution >= 0.6 is 0 Å². The third-order valence-corrected chi connectivity index (χ3v) is 4.14. The highest BCUT2D eigenvalue weighted by molar-refractivity contribution is 5.96. The van der Waals surface area contributed by atoms with E-state index in [4.69, 9.17) is 4.74 Å². The van der Waals surface area contributed by atoms with Gasteiger partial charge < -0.3 is 15.4 Å². The third kappa shape index (κ3) is 6.73. The van der Waals surface area contributed by atoms with Crippen LogP contribution in [0.3, 0.4) is 0 Å². The fourth-order valence-electron chi connectivity index (χ4n) is 2.56. The van der Waals surface area contributed by atoms with E-state index in [0.717, 1.165) is 30.6 Å². The first-order chi connectivity index (χ1) is 13.1. The summed E-state index contributed by atoms with van der Waals surface area (Å²) in [4.78, 5) is 28.6. The van der Waals surface area contributed by atoms with Crippen LogP contribution in [0.1, 0.15) is 52.7 Å². The minimum Gasteiger partial charge on any atom is -0.497 e. The summed E-state index contributed by atoms with van der Waals surface area (Å²) < 4.78 is 5.13. The second-order valence-electron chi connectivity index (χ2n) is 6.23. The van der Waals surface area contributed by atoms with Crippen LogP contribution in [0.2, 0.25) is 0 Å². The van der Waals surface area contributed by atoms with Gasteiger partial charge in [0.1, 0.15) is 17.1 Å². The monoisotopic (exact) mass is 369 g/mol. The molecule has 2 rings (SSSR count). The van der Waals surface area contributed by atoms with Gasteiger partial charge in [0.15, 0.2) is 0 Å². The molecule has 0 saturated heterocycles. The molecule has 2 N–H and O–H groups in total. The number of hydrogen-bond donors (Lipinski definition) is 2. The first kappa shape index (κ1) is 20.4. The lowest BCUT2D eigenvalue weighted by Crippen LogP contribution is -2.29. The number of pyridine rings is 1. The van der Waals surface area contributed by atoms with Crippen molar-refractivity contribution >= 4 is 11.8 Å². The Morgan fingerprint density at radius 1 is 0.926 bits per heavy atom. The van der Waals surface area contributed by atoms with Gasteiger partial charge in [0.25, 0.3) is 11.8 Å². The zero-order valence-electron chi connectivity index (χ0n) is 16.0. The Labute approximate surface area is 160 Å². The number of methoxy groups -OCH3 is 1. The normalized spacial score (nSPS) is 10.3. The molecular formula is C21H27N3O3. The van der Waals surface area contributed by atoms with E-state index in [9.17, 15) is 9.59 Å². The van der Waals surface area contributed by atoms with Gasteiger partial charge in [0, 0.05) is 13.1 Å². The van der Waals surface area contributed by atoms with Crippen molar-refractivity contribution in [1.29, 1.82) is 0 Å². The largest absolute Gasteiger partial charge is 0.497 e. The third-order valence-electron chi connectivity index (χ3n) is 4.14. The van der Waals surface area contributed by atoms with Crippen LogP contribution in [-0.2, 0) is 6.42 Å². The highest BCUT2D eigenvalue weighted by atomic mass is 16.5. The molecule has 0 aliphatic rings. The first-order valence-electron chi connectivity index (χ1n) is 9.30. The molecule has 0 atom stereocenters. The maximum absolute atomic E-state index is 12.3. The quantitative estimate of drug-likeness (QED) is 0.631. The molecule has 6 nitrogen and oxygen atoms in total. The van der Waals surface area contributed by atoms with E-state index in [1.54, 1.807) is 25.3 Å². The van der Waals surface area contributed by atoms with E-state index >= 15 is 0 Å². The zero-order valence-corrected chi connectivity index (χ0v) is 16.0. The molecule has 0 saturated carbocycles. The number of ether oxygens (including phenoxy) is 1. The zero-order chi connectivity index (χ0) is 19.5. The molecule has 2 amide bonds. The number of carbonyl (C=O) groups is 2. The number of unbranched alkanes of at least 4 members (excludes halogenated alkanes) is 2. The Bertz CT molecular complexity index is 745. The van der Waals surface area contributed by atoms with E-state index in [0.29, 0.717) is 19.5 Å². The molecule has 0 aliphatic carbocycles. The summed E-state index contributed by atoms with van der Waals surface area (Å²) in [5, 5.41) is 5.67. The highest BCUT2D eigenvalue weighted by Gasteiger charge is 2.11. The van der Waals surface area contributed by atoms with Crippen molar-refractivity contribution in [2.45, 2.75) is 32.6 Å². The van der Waals surface area contributed by atoms with Crippen molar-refractivity contribution in [3.8, 4) is 5.75 Å². The number of carbonyl (C=O) groups excluding carboxylic acids is 2. The number of nitrogens with zero attached hydrogens (tertiary/aromatic N) is 1. The van der Waals surface area contributed by atoms with Crippen LogP contribution in [0.5, 0.6) is 5.75 Å². The molecule has 0 fully saturated rings. The van der Waals surface area contributed by atoms with Gasteiger partial charge in [-0.1, -0.05) is 38.0 Å². The molecule has 6 heteroatoms. The average molecular weight is 369 g/mol. The summed E-state index contributed by atoms with van der Waals surface area (Å²) in [6, 6.07) is 12.6. The van der Waals surface area contributed by atoms with Crippen molar-refractivity contribution < 1.29 is 14.3 Å². The molecule has 1 aromatic carbocycles. The molecule has 144 valence electrons. The summed E-state index contributed by atoms with van der Waals surface area (Å²) in [5.41, 5.74) is 1.60. The van der Waals surface area contributed by atoms with E-state index in [1.807, 2.05) is 24.3 Å². The molecule has 27 heavy (non-hydrogen) atoms. The van der Waals surface area contributed by atoms with Crippen molar-refractivity contribution in [3.63, 3.8) is 0 Å². The molecule has 2 aromatic rings. The summed E-state index contributed by atoms with van der Waals surface area (Å²) >= 11 is 0. The standard InChI is InChI=1S/C21H27N3O3/c1-3-4-5-14-22-20(25)18-7-6-8-19(24-18)21(26)23-15-13-16-9-11-17(27-2)12-10-16/h6-12H,3-5,13-15H2,1-2H3,(H,22,25)(H,23,26). The summed E-state index contributed by atoms with van der Waals surface area (Å²) in [6.45, 7) is 3.22. The lowest BCUT2D eigenvalue weighted by Gasteiger charge is -2.08. The smallest absolute Gasteiger partial charge is 0.269 e. The number of aromatic nitrogens is 1. The molecular weight excluding hydrogens is 342 g/mol. The SMILES string of the molecule is CCCCCNC(=O)c1cccc(C(=O)NCCc2ccc(OC)cc2)n1. The van der Waals surface area contributed by atoms with E-state index in [1.165, 1.54) is 0 Å². The number of benzene rings is 1. The van der Waals surface area contributed by atoms with Crippen molar-refractivity contribution in [2.75, 3.05) is 20.2 Å². The average Bonchev–Trinajstić information content (AvgIpc) is 2.71. The van der Waals surface area contributed by atoms with E-state index < -0.39 is 0 Å². The second-order valence-corrected chi connectivity index (χ2v) is 6.23. The molecule has 0 bridgehead atoms. The minimum absolute atomic E-state index is 0.242. The van der Waals surface area contributed by atoms with Crippen molar-refractivity contribution in [3.05, 3.63) is 59.4 Å². The number of nitrogens with one attached hydrogen (secondary N) is 2. The highest BCUT2D eigenvalue weighted by Crippen LogP contribution is 2.11. The lowest BCUT2D eigenvalue weighted by molar-refractivity contribution is 0.0944. The molecule has 0 spiro atoms. The van der Waals surface area contributed by atoms with Gasteiger partial charge in [-0.05, 0) is 42.7 Å². The van der Waals surface area contributed by atoms with Gasteiger partial charge in [-0.3, -0.25) is 9.59 Å². The van der Waals surface area contributed by atoms with Gasteiger partial charge in [-0.15, -0.1) is 0 Å². The fourth-order valence-corrected chi connectivity index (χ4v) is 2.56. The topological polar surface area (TPSA) is 80.3 Å². The molecule has 0 radical (unpaired) electrons. The maximum atomic E-state index is 12.3. The molecule has 1 heterocycles. The Morgan fingerprint density at radius 3 is 2.15 bits per heavy atom. The fraction of sp³-hybridized carbons (Fsp3) is 0.381. The number of rotatable bonds is 10. The summed E-state index contributed by atoms with van der Waals surface area (Å²) in [7, 11) is 1.63. The summed E-state index contributed by atoms with van der Waals surface area (Å²) in [6.07, 6.45) is 3.81. The molecule has 0 aliphatic heterocycles. The maximum Gasteiger partial charge on any atom is 0.269 e. The lowest BCUT2D eigenvalue weighted by atomic mass is 10.1. The molecule has 0 unspecified atom stereocenters. The van der Waals surface area contributed by atoms with Crippen molar-refractivity contribution in [2.24, 2.45) is 0 Å². The van der Waals surface area contributed by atoms with Gasteiger partial charge in [0.2, 0.25) is 0 Å². The predicted octanol–water partition coefficient (Wildman–Crippen LogP) is 2.98. The molecule has 1 aromatic heterocycles. The Morgan fingerprint density at radius 2 is 1.56 bits per heavy atom. The van der Waals surface area contributed by atoms with Gasteiger partial charge in [-0.25, -0.2) is 4.98 Å². The predicted molar refractivity (Wildman–Crippen MR) is 105 cm³/mol.